The Kier molecular flexibility index (Phi) is 5.95. The zero-order chi connectivity index (χ0) is 18.7. The average molecular weight is 408 g/mol. The van der Waals surface area contributed by atoms with Crippen molar-refractivity contribution >= 4 is 45.7 Å². The van der Waals surface area contributed by atoms with Gasteiger partial charge in [0.15, 0.2) is 10.3 Å². The first-order chi connectivity index (χ1) is 12.5. The lowest BCUT2D eigenvalue weighted by molar-refractivity contribution is -0.116. The summed E-state index contributed by atoms with van der Waals surface area (Å²) in [5.41, 5.74) is 2.85. The van der Waals surface area contributed by atoms with Gasteiger partial charge in [0.05, 0.1) is 11.4 Å². The van der Waals surface area contributed by atoms with Gasteiger partial charge in [0.1, 0.15) is 6.33 Å². The third-order valence-corrected chi connectivity index (χ3v) is 6.06. The summed E-state index contributed by atoms with van der Waals surface area (Å²) in [6.45, 7) is 6.06. The van der Waals surface area contributed by atoms with Crippen molar-refractivity contribution in [3.05, 3.63) is 46.2 Å². The lowest BCUT2D eigenvalue weighted by Gasteiger charge is -2.14. The summed E-state index contributed by atoms with van der Waals surface area (Å²) in [5, 5.41) is 12.4. The van der Waals surface area contributed by atoms with E-state index in [1.807, 2.05) is 42.0 Å². The summed E-state index contributed by atoms with van der Waals surface area (Å²) in [6, 6.07) is 5.86. The number of carbonyl (C=O) groups excluding carboxylic acids is 1. The van der Waals surface area contributed by atoms with Crippen LogP contribution < -0.4 is 4.90 Å². The Bertz CT molecular complexity index is 924. The van der Waals surface area contributed by atoms with Crippen molar-refractivity contribution in [3.8, 4) is 5.69 Å². The van der Waals surface area contributed by atoms with Crippen LogP contribution in [-0.2, 0) is 10.5 Å². The quantitative estimate of drug-likeness (QED) is 0.568. The van der Waals surface area contributed by atoms with Crippen LogP contribution in [0.1, 0.15) is 25.1 Å². The topological polar surface area (TPSA) is 63.9 Å². The van der Waals surface area contributed by atoms with E-state index in [0.717, 1.165) is 27.2 Å². The van der Waals surface area contributed by atoms with Gasteiger partial charge in [-0.2, -0.15) is 0 Å². The Labute approximate surface area is 165 Å². The van der Waals surface area contributed by atoms with Gasteiger partial charge >= 0.3 is 0 Å². The van der Waals surface area contributed by atoms with Gasteiger partial charge < -0.3 is 0 Å². The Balaban J connectivity index is 1.74. The van der Waals surface area contributed by atoms with Gasteiger partial charge in [0, 0.05) is 29.6 Å². The van der Waals surface area contributed by atoms with Gasteiger partial charge in [-0.15, -0.1) is 21.5 Å². The molecule has 0 bridgehead atoms. The minimum atomic E-state index is -0.00274. The summed E-state index contributed by atoms with van der Waals surface area (Å²) < 4.78 is 1.90. The van der Waals surface area contributed by atoms with Crippen molar-refractivity contribution in [2.24, 2.45) is 0 Å². The maximum atomic E-state index is 11.6. The average Bonchev–Trinajstić information content (AvgIpc) is 3.25. The zero-order valence-electron chi connectivity index (χ0n) is 14.6. The molecule has 0 saturated heterocycles. The van der Waals surface area contributed by atoms with Crippen LogP contribution in [0.25, 0.3) is 5.69 Å². The van der Waals surface area contributed by atoms with Crippen molar-refractivity contribution < 1.29 is 4.79 Å². The SMILES string of the molecule is CCN(C(C)=O)c1nc(CSc2nncn2-c2ccc(C)c(Cl)c2)cs1. The Morgan fingerprint density at radius 3 is 2.92 bits per heavy atom. The van der Waals surface area contributed by atoms with E-state index in [-0.39, 0.29) is 5.91 Å². The highest BCUT2D eigenvalue weighted by Gasteiger charge is 2.14. The molecule has 2 heterocycles. The van der Waals surface area contributed by atoms with Gasteiger partial charge in [0.2, 0.25) is 5.91 Å². The van der Waals surface area contributed by atoms with Crippen molar-refractivity contribution in [2.75, 3.05) is 11.4 Å². The van der Waals surface area contributed by atoms with E-state index in [1.54, 1.807) is 18.2 Å². The van der Waals surface area contributed by atoms with Crippen LogP contribution in [0.15, 0.2) is 35.1 Å². The minimum Gasteiger partial charge on any atom is -0.289 e. The van der Waals surface area contributed by atoms with E-state index in [4.69, 9.17) is 11.6 Å². The van der Waals surface area contributed by atoms with Crippen LogP contribution in [0.2, 0.25) is 5.02 Å². The summed E-state index contributed by atoms with van der Waals surface area (Å²) in [6.07, 6.45) is 1.67. The van der Waals surface area contributed by atoms with Crippen LogP contribution >= 0.6 is 34.7 Å². The predicted octanol–water partition coefficient (Wildman–Crippen LogP) is 4.35. The molecule has 2 aromatic heterocycles. The third-order valence-electron chi connectivity index (χ3n) is 3.77. The number of hydrogen-bond acceptors (Lipinski definition) is 6. The van der Waals surface area contributed by atoms with Gasteiger partial charge in [-0.05, 0) is 31.5 Å². The molecule has 3 rings (SSSR count). The molecule has 9 heteroatoms. The van der Waals surface area contributed by atoms with Crippen LogP contribution in [0.4, 0.5) is 5.13 Å². The molecule has 136 valence electrons. The molecule has 0 N–H and O–H groups in total. The molecular weight excluding hydrogens is 390 g/mol. The Hall–Kier alpha value is -1.90. The number of thioether (sulfide) groups is 1. The second-order valence-electron chi connectivity index (χ2n) is 5.59. The lowest BCUT2D eigenvalue weighted by Crippen LogP contribution is -2.27. The van der Waals surface area contributed by atoms with Crippen LogP contribution in [0.3, 0.4) is 0 Å². The summed E-state index contributed by atoms with van der Waals surface area (Å²) in [5.74, 6) is 0.640. The standard InChI is InChI=1S/C17H18ClN5OS2/c1-4-22(12(3)24)16-20-13(8-25-16)9-26-17-21-19-10-23(17)14-6-5-11(2)15(18)7-14/h5-8,10H,4,9H2,1-3H3. The largest absolute Gasteiger partial charge is 0.289 e. The van der Waals surface area contributed by atoms with E-state index in [0.29, 0.717) is 17.3 Å². The highest BCUT2D eigenvalue weighted by Crippen LogP contribution is 2.28. The highest BCUT2D eigenvalue weighted by atomic mass is 35.5. The predicted molar refractivity (Wildman–Crippen MR) is 106 cm³/mol. The number of rotatable bonds is 6. The molecule has 0 aliphatic rings. The summed E-state index contributed by atoms with van der Waals surface area (Å²) >= 11 is 9.24. The number of nitrogens with zero attached hydrogens (tertiary/aromatic N) is 5. The molecule has 0 radical (unpaired) electrons. The molecule has 0 fully saturated rings. The fraction of sp³-hybridized carbons (Fsp3) is 0.294. The number of carbonyl (C=O) groups is 1. The summed E-state index contributed by atoms with van der Waals surface area (Å²) in [4.78, 5) is 17.9. The molecular formula is C17H18ClN5OS2. The monoisotopic (exact) mass is 407 g/mol. The second-order valence-corrected chi connectivity index (χ2v) is 7.78. The van der Waals surface area contributed by atoms with Crippen molar-refractivity contribution in [3.63, 3.8) is 0 Å². The van der Waals surface area contributed by atoms with E-state index in [2.05, 4.69) is 15.2 Å². The molecule has 0 atom stereocenters. The van der Waals surface area contributed by atoms with Gasteiger partial charge in [0.25, 0.3) is 0 Å². The zero-order valence-corrected chi connectivity index (χ0v) is 17.0. The minimum absolute atomic E-state index is 0.00274. The number of anilines is 1. The second kappa shape index (κ2) is 8.20. The van der Waals surface area contributed by atoms with Crippen molar-refractivity contribution in [2.45, 2.75) is 31.7 Å². The van der Waals surface area contributed by atoms with E-state index in [9.17, 15) is 4.79 Å². The fourth-order valence-electron chi connectivity index (χ4n) is 2.35. The molecule has 0 saturated carbocycles. The smallest absolute Gasteiger partial charge is 0.225 e. The molecule has 6 nitrogen and oxygen atoms in total. The number of halogens is 1. The number of benzene rings is 1. The van der Waals surface area contributed by atoms with E-state index in [1.165, 1.54) is 23.1 Å². The molecule has 0 aliphatic heterocycles. The first-order valence-corrected chi connectivity index (χ1v) is 10.3. The van der Waals surface area contributed by atoms with E-state index < -0.39 is 0 Å². The van der Waals surface area contributed by atoms with Crippen molar-refractivity contribution in [1.29, 1.82) is 0 Å². The maximum Gasteiger partial charge on any atom is 0.225 e. The van der Waals surface area contributed by atoms with Gasteiger partial charge in [-0.1, -0.05) is 29.4 Å². The van der Waals surface area contributed by atoms with Crippen molar-refractivity contribution in [1.82, 2.24) is 19.7 Å². The number of amides is 1. The molecule has 3 aromatic rings. The molecule has 1 amide bonds. The number of thiazole rings is 1. The number of hydrogen-bond donors (Lipinski definition) is 0. The van der Waals surface area contributed by atoms with Gasteiger partial charge in [-0.25, -0.2) is 4.98 Å². The molecule has 0 aliphatic carbocycles. The first-order valence-electron chi connectivity index (χ1n) is 8.01. The summed E-state index contributed by atoms with van der Waals surface area (Å²) in [7, 11) is 0. The normalized spacial score (nSPS) is 10.9. The first kappa shape index (κ1) is 18.9. The lowest BCUT2D eigenvalue weighted by atomic mass is 10.2. The maximum absolute atomic E-state index is 11.6. The number of aryl methyl sites for hydroxylation is 1. The molecule has 0 spiro atoms. The molecule has 26 heavy (non-hydrogen) atoms. The Morgan fingerprint density at radius 2 is 2.23 bits per heavy atom. The molecule has 0 unspecified atom stereocenters. The Morgan fingerprint density at radius 1 is 1.42 bits per heavy atom. The highest BCUT2D eigenvalue weighted by molar-refractivity contribution is 7.98. The third kappa shape index (κ3) is 4.08. The fourth-order valence-corrected chi connectivity index (χ4v) is 4.38. The number of aromatic nitrogens is 4. The van der Waals surface area contributed by atoms with Crippen LogP contribution in [0, 0.1) is 6.92 Å². The van der Waals surface area contributed by atoms with Crippen LogP contribution in [0.5, 0.6) is 0 Å². The van der Waals surface area contributed by atoms with Crippen LogP contribution in [-0.4, -0.2) is 32.2 Å². The van der Waals surface area contributed by atoms with E-state index >= 15 is 0 Å². The van der Waals surface area contributed by atoms with Gasteiger partial charge in [-0.3, -0.25) is 14.3 Å². The molecule has 1 aromatic carbocycles.